The van der Waals surface area contributed by atoms with Gasteiger partial charge < -0.3 is 0 Å². The van der Waals surface area contributed by atoms with E-state index in [9.17, 15) is 0 Å². The fraction of sp³-hybridized carbons (Fsp3) is 0.684. The van der Waals surface area contributed by atoms with Crippen molar-refractivity contribution in [2.75, 3.05) is 0 Å². The molecule has 0 N–H and O–H groups in total. The van der Waals surface area contributed by atoms with Gasteiger partial charge in [-0.1, -0.05) is 165 Å². The fourth-order valence-corrected chi connectivity index (χ4v) is 7.53. The first-order valence-electron chi connectivity index (χ1n) is 16.9. The smallest absolute Gasteiger partial charge is 0.0184 e. The summed E-state index contributed by atoms with van der Waals surface area (Å²) in [7, 11) is 0. The Bertz CT molecular complexity index is 859. The molecule has 0 aliphatic heterocycles. The summed E-state index contributed by atoms with van der Waals surface area (Å²) in [4.78, 5) is 0. The average Bonchev–Trinajstić information content (AvgIpc) is 2.97. The van der Waals surface area contributed by atoms with Crippen LogP contribution in [0.2, 0.25) is 0 Å². The molecule has 0 amide bonds. The van der Waals surface area contributed by atoms with E-state index >= 15 is 0 Å². The zero-order valence-electron chi connectivity index (χ0n) is 25.1. The maximum atomic E-state index is 2.39. The van der Waals surface area contributed by atoms with Gasteiger partial charge in [0.15, 0.2) is 0 Å². The van der Waals surface area contributed by atoms with Crippen molar-refractivity contribution in [2.45, 2.75) is 142 Å². The van der Waals surface area contributed by atoms with Gasteiger partial charge in [0, 0.05) is 0 Å². The molecule has 0 spiro atoms. The molecule has 0 unspecified atom stereocenters. The molecule has 2 aromatic carbocycles. The fourth-order valence-electron chi connectivity index (χ4n) is 7.53. The second kappa shape index (κ2) is 16.5. The Morgan fingerprint density at radius 1 is 0.421 bits per heavy atom. The summed E-state index contributed by atoms with van der Waals surface area (Å²) in [6, 6.07) is 19.0. The van der Waals surface area contributed by atoms with Gasteiger partial charge in [0.1, 0.15) is 0 Å². The number of benzene rings is 2. The molecule has 2 saturated carbocycles. The van der Waals surface area contributed by atoms with Crippen molar-refractivity contribution < 1.29 is 0 Å². The SMILES string of the molecule is CCCCCCCC1CCC(CCc2ccc(-c3ccc(CCC4CCC(CCC)CC4)cc3)cc2)CC1. The predicted octanol–water partition coefficient (Wildman–Crippen LogP) is 12.0. The monoisotopic (exact) mass is 514 g/mol. The van der Waals surface area contributed by atoms with E-state index in [0.29, 0.717) is 0 Å². The molecule has 210 valence electrons. The molecule has 0 bridgehead atoms. The van der Waals surface area contributed by atoms with Crippen molar-refractivity contribution in [3.05, 3.63) is 59.7 Å². The molecule has 2 aliphatic rings. The van der Waals surface area contributed by atoms with Crippen LogP contribution in [0.15, 0.2) is 48.5 Å². The molecule has 2 fully saturated rings. The van der Waals surface area contributed by atoms with Gasteiger partial charge in [0.25, 0.3) is 0 Å². The quantitative estimate of drug-likeness (QED) is 0.207. The van der Waals surface area contributed by atoms with Crippen molar-refractivity contribution in [3.8, 4) is 11.1 Å². The Balaban J connectivity index is 1.13. The number of rotatable bonds is 15. The molecule has 0 nitrogen and oxygen atoms in total. The van der Waals surface area contributed by atoms with Crippen LogP contribution in [-0.4, -0.2) is 0 Å². The molecule has 0 heterocycles. The maximum absolute atomic E-state index is 2.39. The first-order valence-corrected chi connectivity index (χ1v) is 16.9. The van der Waals surface area contributed by atoms with E-state index in [1.807, 2.05) is 0 Å². The van der Waals surface area contributed by atoms with E-state index in [4.69, 9.17) is 0 Å². The standard InChI is InChI=1S/C38H58/c1-3-5-6-7-8-10-32-13-17-34(18-14-32)20-22-36-25-29-38(30-26-36)37-27-23-35(24-28-37)21-19-33-15-11-31(9-4-2)12-16-33/h23-34H,3-22H2,1-2H3. The van der Waals surface area contributed by atoms with Gasteiger partial charge >= 0.3 is 0 Å². The minimum atomic E-state index is 0.963. The van der Waals surface area contributed by atoms with Gasteiger partial charge in [-0.2, -0.15) is 0 Å². The molecule has 2 aromatic rings. The Labute approximate surface area is 236 Å². The normalized spacial score (nSPS) is 23.9. The Hall–Kier alpha value is -1.56. The average molecular weight is 515 g/mol. The van der Waals surface area contributed by atoms with Crippen molar-refractivity contribution >= 4 is 0 Å². The lowest BCUT2D eigenvalue weighted by Crippen LogP contribution is -2.15. The summed E-state index contributed by atoms with van der Waals surface area (Å²) in [6.07, 6.45) is 28.6. The number of unbranched alkanes of at least 4 members (excludes halogenated alkanes) is 4. The third-order valence-electron chi connectivity index (χ3n) is 10.3. The summed E-state index contributed by atoms with van der Waals surface area (Å²) in [6.45, 7) is 4.65. The Kier molecular flexibility index (Phi) is 12.8. The summed E-state index contributed by atoms with van der Waals surface area (Å²) in [5.74, 6) is 3.98. The molecule has 0 atom stereocenters. The number of hydrogen-bond acceptors (Lipinski definition) is 0. The first kappa shape index (κ1) is 29.4. The highest BCUT2D eigenvalue weighted by molar-refractivity contribution is 5.64. The summed E-state index contributed by atoms with van der Waals surface area (Å²) in [5, 5.41) is 0. The number of hydrogen-bond donors (Lipinski definition) is 0. The largest absolute Gasteiger partial charge is 0.0654 e. The lowest BCUT2D eigenvalue weighted by molar-refractivity contribution is 0.249. The van der Waals surface area contributed by atoms with E-state index in [-0.39, 0.29) is 0 Å². The van der Waals surface area contributed by atoms with Gasteiger partial charge in [0.2, 0.25) is 0 Å². The highest BCUT2D eigenvalue weighted by Crippen LogP contribution is 2.35. The van der Waals surface area contributed by atoms with Crippen molar-refractivity contribution in [1.82, 2.24) is 0 Å². The van der Waals surface area contributed by atoms with Gasteiger partial charge in [0.05, 0.1) is 0 Å². The summed E-state index contributed by atoms with van der Waals surface area (Å²) in [5.41, 5.74) is 5.78. The maximum Gasteiger partial charge on any atom is -0.0184 e. The summed E-state index contributed by atoms with van der Waals surface area (Å²) < 4.78 is 0. The van der Waals surface area contributed by atoms with E-state index in [2.05, 4.69) is 62.4 Å². The second-order valence-electron chi connectivity index (χ2n) is 13.2. The second-order valence-corrected chi connectivity index (χ2v) is 13.2. The molecule has 4 rings (SSSR count). The Morgan fingerprint density at radius 3 is 1.24 bits per heavy atom. The highest BCUT2D eigenvalue weighted by Gasteiger charge is 2.21. The van der Waals surface area contributed by atoms with Crippen LogP contribution >= 0.6 is 0 Å². The van der Waals surface area contributed by atoms with Crippen molar-refractivity contribution in [1.29, 1.82) is 0 Å². The highest BCUT2D eigenvalue weighted by atomic mass is 14.3. The van der Waals surface area contributed by atoms with Crippen molar-refractivity contribution in [3.63, 3.8) is 0 Å². The third kappa shape index (κ3) is 9.88. The topological polar surface area (TPSA) is 0 Å². The van der Waals surface area contributed by atoms with E-state index in [1.165, 1.54) is 151 Å². The molecule has 0 radical (unpaired) electrons. The van der Waals surface area contributed by atoms with Crippen LogP contribution < -0.4 is 0 Å². The molecular weight excluding hydrogens is 456 g/mol. The lowest BCUT2D eigenvalue weighted by Gasteiger charge is -2.28. The zero-order valence-corrected chi connectivity index (χ0v) is 25.1. The minimum Gasteiger partial charge on any atom is -0.0654 e. The lowest BCUT2D eigenvalue weighted by atomic mass is 9.77. The van der Waals surface area contributed by atoms with E-state index < -0.39 is 0 Å². The summed E-state index contributed by atoms with van der Waals surface area (Å²) >= 11 is 0. The minimum absolute atomic E-state index is 0.963. The van der Waals surface area contributed by atoms with Gasteiger partial charge in [-0.25, -0.2) is 0 Å². The Morgan fingerprint density at radius 2 is 0.816 bits per heavy atom. The van der Waals surface area contributed by atoms with Gasteiger partial charge in [-0.05, 0) is 71.6 Å². The molecule has 0 aromatic heterocycles. The van der Waals surface area contributed by atoms with Crippen LogP contribution in [0.1, 0.15) is 141 Å². The first-order chi connectivity index (χ1) is 18.7. The van der Waals surface area contributed by atoms with E-state index in [1.54, 1.807) is 0 Å². The van der Waals surface area contributed by atoms with Crippen LogP contribution in [0.3, 0.4) is 0 Å². The third-order valence-corrected chi connectivity index (χ3v) is 10.3. The zero-order chi connectivity index (χ0) is 26.4. The van der Waals surface area contributed by atoms with Crippen LogP contribution in [0.25, 0.3) is 11.1 Å². The van der Waals surface area contributed by atoms with Crippen LogP contribution in [0.4, 0.5) is 0 Å². The van der Waals surface area contributed by atoms with Crippen molar-refractivity contribution in [2.24, 2.45) is 23.7 Å². The van der Waals surface area contributed by atoms with Gasteiger partial charge in [-0.15, -0.1) is 0 Å². The molecular formula is C38H58. The number of aryl methyl sites for hydroxylation is 2. The van der Waals surface area contributed by atoms with Gasteiger partial charge in [-0.3, -0.25) is 0 Å². The van der Waals surface area contributed by atoms with E-state index in [0.717, 1.165) is 23.7 Å². The van der Waals surface area contributed by atoms with Crippen LogP contribution in [-0.2, 0) is 12.8 Å². The van der Waals surface area contributed by atoms with Crippen LogP contribution in [0.5, 0.6) is 0 Å². The van der Waals surface area contributed by atoms with Crippen LogP contribution in [0, 0.1) is 23.7 Å². The predicted molar refractivity (Wildman–Crippen MR) is 168 cm³/mol. The molecule has 0 saturated heterocycles. The molecule has 2 aliphatic carbocycles. The molecule has 38 heavy (non-hydrogen) atoms. The molecule has 0 heteroatoms.